The third-order valence-electron chi connectivity index (χ3n) is 3.77. The summed E-state index contributed by atoms with van der Waals surface area (Å²) in [6, 6.07) is 8.65. The molecule has 0 radical (unpaired) electrons. The summed E-state index contributed by atoms with van der Waals surface area (Å²) in [5.74, 6) is 0. The zero-order valence-corrected chi connectivity index (χ0v) is 13.3. The molecule has 0 saturated heterocycles. The van der Waals surface area contributed by atoms with Gasteiger partial charge in [-0.3, -0.25) is 0 Å². The van der Waals surface area contributed by atoms with Crippen molar-refractivity contribution in [3.63, 3.8) is 0 Å². The number of rotatable bonds is 6. The van der Waals surface area contributed by atoms with Crippen LogP contribution in [0, 0.1) is 5.41 Å². The molecular weight excluding hydrogens is 248 g/mol. The second kappa shape index (κ2) is 6.70. The van der Waals surface area contributed by atoms with E-state index in [1.54, 1.807) is 0 Å². The van der Waals surface area contributed by atoms with Gasteiger partial charge in [0.15, 0.2) is 0 Å². The van der Waals surface area contributed by atoms with Gasteiger partial charge in [0.25, 0.3) is 0 Å². The summed E-state index contributed by atoms with van der Waals surface area (Å²) < 4.78 is 5.93. The molecule has 0 amide bonds. The highest BCUT2D eigenvalue weighted by atomic mass is 16.5. The van der Waals surface area contributed by atoms with Crippen molar-refractivity contribution in [1.29, 1.82) is 0 Å². The van der Waals surface area contributed by atoms with Crippen molar-refractivity contribution in [2.24, 2.45) is 5.41 Å². The normalized spacial score (nSPS) is 19.1. The van der Waals surface area contributed by atoms with Crippen LogP contribution in [0.25, 0.3) is 0 Å². The summed E-state index contributed by atoms with van der Waals surface area (Å²) in [6.45, 7) is 8.43. The molecule has 1 aliphatic rings. The van der Waals surface area contributed by atoms with Gasteiger partial charge in [0, 0.05) is 19.6 Å². The average Bonchev–Trinajstić information content (AvgIpc) is 2.37. The highest BCUT2D eigenvalue weighted by molar-refractivity contribution is 5.31. The fraction of sp³-hybridized carbons (Fsp3) is 0.647. The summed E-state index contributed by atoms with van der Waals surface area (Å²) in [5.41, 5.74) is 3.08. The molecule has 0 aromatic heterocycles. The van der Waals surface area contributed by atoms with Crippen LogP contribution in [-0.2, 0) is 11.2 Å². The highest BCUT2D eigenvalue weighted by Gasteiger charge is 2.22. The number of nitrogens with zero attached hydrogens (tertiary/aromatic N) is 1. The van der Waals surface area contributed by atoms with Crippen LogP contribution < -0.4 is 5.32 Å². The summed E-state index contributed by atoms with van der Waals surface area (Å²) >= 11 is 0. The molecule has 3 nitrogen and oxygen atoms in total. The van der Waals surface area contributed by atoms with Gasteiger partial charge in [0.05, 0.1) is 12.7 Å². The van der Waals surface area contributed by atoms with E-state index in [-0.39, 0.29) is 11.5 Å². The van der Waals surface area contributed by atoms with Gasteiger partial charge >= 0.3 is 0 Å². The Bertz CT molecular complexity index is 429. The van der Waals surface area contributed by atoms with Crippen molar-refractivity contribution in [2.75, 3.05) is 40.3 Å². The number of hydrogen-bond donors (Lipinski definition) is 1. The second-order valence-corrected chi connectivity index (χ2v) is 6.84. The van der Waals surface area contributed by atoms with E-state index in [0.717, 1.165) is 32.7 Å². The molecule has 0 fully saturated rings. The molecule has 112 valence electrons. The minimum atomic E-state index is 0.204. The lowest BCUT2D eigenvalue weighted by Crippen LogP contribution is -2.39. The molecule has 2 rings (SSSR count). The maximum atomic E-state index is 5.93. The Morgan fingerprint density at radius 3 is 2.80 bits per heavy atom. The van der Waals surface area contributed by atoms with E-state index in [1.807, 2.05) is 0 Å². The van der Waals surface area contributed by atoms with Crippen LogP contribution in [0.4, 0.5) is 0 Å². The topological polar surface area (TPSA) is 24.5 Å². The van der Waals surface area contributed by atoms with Crippen LogP contribution in [0.5, 0.6) is 0 Å². The van der Waals surface area contributed by atoms with E-state index in [0.29, 0.717) is 0 Å². The molecule has 1 heterocycles. The zero-order valence-electron chi connectivity index (χ0n) is 13.3. The van der Waals surface area contributed by atoms with Gasteiger partial charge in [-0.05, 0) is 37.1 Å². The fourth-order valence-corrected chi connectivity index (χ4v) is 3.10. The lowest BCUT2D eigenvalue weighted by molar-refractivity contribution is 0.0406. The van der Waals surface area contributed by atoms with Gasteiger partial charge in [-0.2, -0.15) is 0 Å². The summed E-state index contributed by atoms with van der Waals surface area (Å²) in [4.78, 5) is 2.24. The molecule has 0 aliphatic carbocycles. The molecule has 1 aromatic rings. The van der Waals surface area contributed by atoms with Crippen molar-refractivity contribution in [1.82, 2.24) is 10.2 Å². The number of fused-ring (bicyclic) bond motifs is 1. The third-order valence-corrected chi connectivity index (χ3v) is 3.77. The number of hydrogen-bond acceptors (Lipinski definition) is 3. The Balaban J connectivity index is 1.86. The predicted molar refractivity (Wildman–Crippen MR) is 84.0 cm³/mol. The maximum absolute atomic E-state index is 5.93. The minimum Gasteiger partial charge on any atom is -0.372 e. The van der Waals surface area contributed by atoms with Gasteiger partial charge in [0.2, 0.25) is 0 Å². The third kappa shape index (κ3) is 4.30. The van der Waals surface area contributed by atoms with Gasteiger partial charge < -0.3 is 15.0 Å². The van der Waals surface area contributed by atoms with Gasteiger partial charge in [-0.1, -0.05) is 38.1 Å². The first-order valence-electron chi connectivity index (χ1n) is 7.53. The van der Waals surface area contributed by atoms with E-state index in [4.69, 9.17) is 4.74 Å². The van der Waals surface area contributed by atoms with Crippen LogP contribution in [0.3, 0.4) is 0 Å². The van der Waals surface area contributed by atoms with Crippen molar-refractivity contribution >= 4 is 0 Å². The molecule has 20 heavy (non-hydrogen) atoms. The van der Waals surface area contributed by atoms with E-state index >= 15 is 0 Å². The Kier molecular flexibility index (Phi) is 5.19. The SMILES string of the molecule is CN(C)CC(C)(C)CNCC1OCCc2ccccc21. The first kappa shape index (κ1) is 15.5. The van der Waals surface area contributed by atoms with Crippen molar-refractivity contribution in [3.05, 3.63) is 35.4 Å². The van der Waals surface area contributed by atoms with Crippen molar-refractivity contribution in [3.8, 4) is 0 Å². The van der Waals surface area contributed by atoms with Crippen molar-refractivity contribution < 1.29 is 4.74 Å². The predicted octanol–water partition coefficient (Wildman–Crippen LogP) is 2.48. The maximum Gasteiger partial charge on any atom is 0.0952 e. The second-order valence-electron chi connectivity index (χ2n) is 6.84. The summed E-state index contributed by atoms with van der Waals surface area (Å²) in [7, 11) is 4.25. The summed E-state index contributed by atoms with van der Waals surface area (Å²) in [5, 5.41) is 3.59. The molecule has 1 unspecified atom stereocenters. The molecule has 0 spiro atoms. The van der Waals surface area contributed by atoms with E-state index in [2.05, 4.69) is 62.4 Å². The molecule has 0 bridgehead atoms. The number of benzene rings is 1. The van der Waals surface area contributed by atoms with Crippen LogP contribution in [-0.4, -0.2) is 45.2 Å². The first-order chi connectivity index (χ1) is 9.48. The monoisotopic (exact) mass is 276 g/mol. The fourth-order valence-electron chi connectivity index (χ4n) is 3.10. The van der Waals surface area contributed by atoms with Gasteiger partial charge in [-0.25, -0.2) is 0 Å². The van der Waals surface area contributed by atoms with Crippen LogP contribution in [0.1, 0.15) is 31.1 Å². The Morgan fingerprint density at radius 1 is 1.30 bits per heavy atom. The highest BCUT2D eigenvalue weighted by Crippen LogP contribution is 2.26. The van der Waals surface area contributed by atoms with E-state index < -0.39 is 0 Å². The number of ether oxygens (including phenoxy) is 1. The molecule has 1 atom stereocenters. The zero-order chi connectivity index (χ0) is 14.6. The Hall–Kier alpha value is -0.900. The van der Waals surface area contributed by atoms with E-state index in [1.165, 1.54) is 11.1 Å². The van der Waals surface area contributed by atoms with E-state index in [9.17, 15) is 0 Å². The average molecular weight is 276 g/mol. The largest absolute Gasteiger partial charge is 0.372 e. The smallest absolute Gasteiger partial charge is 0.0952 e. The van der Waals surface area contributed by atoms with Crippen LogP contribution >= 0.6 is 0 Å². The minimum absolute atomic E-state index is 0.204. The summed E-state index contributed by atoms with van der Waals surface area (Å²) in [6.07, 6.45) is 1.24. The molecule has 0 saturated carbocycles. The van der Waals surface area contributed by atoms with Gasteiger partial charge in [-0.15, -0.1) is 0 Å². The molecule has 1 aliphatic heterocycles. The lowest BCUT2D eigenvalue weighted by Gasteiger charge is -2.31. The Morgan fingerprint density at radius 2 is 2.05 bits per heavy atom. The molecule has 3 heteroatoms. The number of nitrogens with one attached hydrogen (secondary N) is 1. The standard InChI is InChI=1S/C17H28N2O/c1-17(2,13-19(3)4)12-18-11-16-15-8-6-5-7-14(15)9-10-20-16/h5-8,16,18H,9-13H2,1-4H3. The van der Waals surface area contributed by atoms with Gasteiger partial charge in [0.1, 0.15) is 0 Å². The molecular formula is C17H28N2O. The molecule has 1 N–H and O–H groups in total. The Labute approximate surface area is 123 Å². The van der Waals surface area contributed by atoms with Crippen molar-refractivity contribution in [2.45, 2.75) is 26.4 Å². The quantitative estimate of drug-likeness (QED) is 0.864. The lowest BCUT2D eigenvalue weighted by atomic mass is 9.92. The molecule has 1 aromatic carbocycles. The van der Waals surface area contributed by atoms with Crippen LogP contribution in [0.2, 0.25) is 0 Å². The first-order valence-corrected chi connectivity index (χ1v) is 7.53. The van der Waals surface area contributed by atoms with Crippen LogP contribution in [0.15, 0.2) is 24.3 Å².